The first-order valence-electron chi connectivity index (χ1n) is 8.15. The number of hydrogen-bond acceptors (Lipinski definition) is 2. The van der Waals surface area contributed by atoms with Gasteiger partial charge in [-0.2, -0.15) is 0 Å². The fourth-order valence-corrected chi connectivity index (χ4v) is 2.92. The molecule has 0 radical (unpaired) electrons. The smallest absolute Gasteiger partial charge is 0.268 e. The van der Waals surface area contributed by atoms with E-state index >= 15 is 0 Å². The van der Waals surface area contributed by atoms with Crippen molar-refractivity contribution in [2.45, 2.75) is 26.3 Å². The van der Waals surface area contributed by atoms with E-state index in [1.165, 1.54) is 0 Å². The van der Waals surface area contributed by atoms with Gasteiger partial charge in [0.25, 0.3) is 5.91 Å². The summed E-state index contributed by atoms with van der Waals surface area (Å²) in [5.41, 5.74) is 3.80. The van der Waals surface area contributed by atoms with Crippen molar-refractivity contribution in [3.63, 3.8) is 0 Å². The minimum Gasteiger partial charge on any atom is -0.497 e. The average Bonchev–Trinajstić information content (AvgIpc) is 3.05. The van der Waals surface area contributed by atoms with Crippen molar-refractivity contribution in [3.05, 3.63) is 65.4 Å². The molecule has 0 fully saturated rings. The van der Waals surface area contributed by atoms with Crippen molar-refractivity contribution in [1.29, 1.82) is 0 Å². The van der Waals surface area contributed by atoms with Crippen molar-refractivity contribution in [1.82, 2.24) is 10.3 Å². The number of hydrogen-bond donors (Lipinski definition) is 2. The Hall–Kier alpha value is -2.75. The van der Waals surface area contributed by atoms with Crippen LogP contribution >= 0.6 is 0 Å². The first kappa shape index (κ1) is 16.1. The number of methoxy groups -OCH3 is 1. The van der Waals surface area contributed by atoms with E-state index in [1.807, 2.05) is 55.5 Å². The quantitative estimate of drug-likeness (QED) is 0.733. The molecular weight excluding hydrogens is 300 g/mol. The molecule has 0 aliphatic rings. The fourth-order valence-electron chi connectivity index (χ4n) is 2.92. The summed E-state index contributed by atoms with van der Waals surface area (Å²) in [5, 5.41) is 4.19. The lowest BCUT2D eigenvalue weighted by atomic mass is 10.0. The summed E-state index contributed by atoms with van der Waals surface area (Å²) in [6.45, 7) is 4.11. The lowest BCUT2D eigenvalue weighted by molar-refractivity contribution is 0.0931. The third kappa shape index (κ3) is 3.13. The number of aromatic nitrogens is 1. The van der Waals surface area contributed by atoms with E-state index in [1.54, 1.807) is 7.11 Å². The number of fused-ring (bicyclic) bond motifs is 1. The highest BCUT2D eigenvalue weighted by atomic mass is 16.5. The zero-order valence-electron chi connectivity index (χ0n) is 14.2. The Labute approximate surface area is 141 Å². The van der Waals surface area contributed by atoms with Gasteiger partial charge in [-0.15, -0.1) is 0 Å². The van der Waals surface area contributed by atoms with Crippen LogP contribution in [0.5, 0.6) is 5.75 Å². The number of benzene rings is 2. The Balaban J connectivity index is 1.81. The van der Waals surface area contributed by atoms with Gasteiger partial charge in [-0.05, 0) is 48.7 Å². The minimum atomic E-state index is -0.0896. The predicted octanol–water partition coefficient (Wildman–Crippen LogP) is 4.37. The molecule has 2 aromatic carbocycles. The minimum absolute atomic E-state index is 0.0316. The van der Waals surface area contributed by atoms with Crippen molar-refractivity contribution in [2.24, 2.45) is 0 Å². The van der Waals surface area contributed by atoms with Crippen molar-refractivity contribution >= 4 is 16.8 Å². The van der Waals surface area contributed by atoms with Crippen LogP contribution in [0.2, 0.25) is 0 Å². The van der Waals surface area contributed by atoms with E-state index in [4.69, 9.17) is 4.74 Å². The number of aromatic amines is 1. The van der Waals surface area contributed by atoms with Crippen LogP contribution < -0.4 is 10.1 Å². The van der Waals surface area contributed by atoms with Gasteiger partial charge in [0, 0.05) is 10.9 Å². The van der Waals surface area contributed by atoms with Crippen molar-refractivity contribution in [3.8, 4) is 5.75 Å². The highest BCUT2D eigenvalue weighted by Crippen LogP contribution is 2.22. The second kappa shape index (κ2) is 6.79. The fraction of sp³-hybridized carbons (Fsp3) is 0.250. The maximum Gasteiger partial charge on any atom is 0.268 e. The maximum absolute atomic E-state index is 12.6. The molecule has 1 atom stereocenters. The standard InChI is InChI=1S/C20H22N2O2/c1-4-17(14-8-10-15(24-3)11-9-14)22-20(23)19-12-16-13(2)6-5-7-18(16)21-19/h5-12,17,21H,4H2,1-3H3,(H,22,23). The molecule has 1 amide bonds. The second-order valence-corrected chi connectivity index (χ2v) is 5.93. The molecule has 0 bridgehead atoms. The van der Waals surface area contributed by atoms with E-state index in [9.17, 15) is 4.79 Å². The van der Waals surface area contributed by atoms with E-state index in [-0.39, 0.29) is 11.9 Å². The van der Waals surface area contributed by atoms with Gasteiger partial charge in [0.1, 0.15) is 11.4 Å². The Morgan fingerprint density at radius 3 is 2.58 bits per heavy atom. The molecule has 1 unspecified atom stereocenters. The molecule has 0 aliphatic heterocycles. The van der Waals surface area contributed by atoms with Gasteiger partial charge in [-0.3, -0.25) is 4.79 Å². The topological polar surface area (TPSA) is 54.1 Å². The van der Waals surface area contributed by atoms with Crippen LogP contribution in [0, 0.1) is 6.92 Å². The summed E-state index contributed by atoms with van der Waals surface area (Å²) < 4.78 is 5.19. The largest absolute Gasteiger partial charge is 0.497 e. The zero-order valence-corrected chi connectivity index (χ0v) is 14.2. The Morgan fingerprint density at radius 2 is 1.96 bits per heavy atom. The molecule has 0 aliphatic carbocycles. The van der Waals surface area contributed by atoms with E-state index in [0.717, 1.165) is 34.2 Å². The third-order valence-corrected chi connectivity index (χ3v) is 4.36. The first-order chi connectivity index (χ1) is 11.6. The third-order valence-electron chi connectivity index (χ3n) is 4.36. The molecular formula is C20H22N2O2. The van der Waals surface area contributed by atoms with Gasteiger partial charge >= 0.3 is 0 Å². The second-order valence-electron chi connectivity index (χ2n) is 5.93. The summed E-state index contributed by atoms with van der Waals surface area (Å²) in [5.74, 6) is 0.722. The average molecular weight is 322 g/mol. The van der Waals surface area contributed by atoms with Crippen molar-refractivity contribution < 1.29 is 9.53 Å². The van der Waals surface area contributed by atoms with Crippen LogP contribution in [0.15, 0.2) is 48.5 Å². The lowest BCUT2D eigenvalue weighted by Gasteiger charge is -2.17. The van der Waals surface area contributed by atoms with Gasteiger partial charge in [0.15, 0.2) is 0 Å². The number of aryl methyl sites for hydroxylation is 1. The number of nitrogens with one attached hydrogen (secondary N) is 2. The normalized spacial score (nSPS) is 12.1. The maximum atomic E-state index is 12.6. The molecule has 1 aromatic heterocycles. The van der Waals surface area contributed by atoms with Gasteiger partial charge in [0.2, 0.25) is 0 Å². The molecule has 24 heavy (non-hydrogen) atoms. The zero-order chi connectivity index (χ0) is 17.1. The SMILES string of the molecule is CCC(NC(=O)c1cc2c(C)cccc2[nH]1)c1ccc(OC)cc1. The van der Waals surface area contributed by atoms with Crippen molar-refractivity contribution in [2.75, 3.05) is 7.11 Å². The van der Waals surface area contributed by atoms with Gasteiger partial charge < -0.3 is 15.0 Å². The molecule has 4 nitrogen and oxygen atoms in total. The highest BCUT2D eigenvalue weighted by Gasteiger charge is 2.16. The summed E-state index contributed by atoms with van der Waals surface area (Å²) in [6, 6.07) is 15.7. The molecule has 3 rings (SSSR count). The lowest BCUT2D eigenvalue weighted by Crippen LogP contribution is -2.28. The summed E-state index contributed by atoms with van der Waals surface area (Å²) >= 11 is 0. The first-order valence-corrected chi connectivity index (χ1v) is 8.15. The van der Waals surface area contributed by atoms with Crippen LogP contribution in [-0.4, -0.2) is 18.0 Å². The highest BCUT2D eigenvalue weighted by molar-refractivity contribution is 5.99. The van der Waals surface area contributed by atoms with Gasteiger partial charge in [0.05, 0.1) is 13.2 Å². The van der Waals surface area contributed by atoms with E-state index < -0.39 is 0 Å². The van der Waals surface area contributed by atoms with Crippen LogP contribution in [0.1, 0.15) is 41.0 Å². The van der Waals surface area contributed by atoms with Crippen LogP contribution in [0.3, 0.4) is 0 Å². The Kier molecular flexibility index (Phi) is 4.56. The number of H-pyrrole nitrogens is 1. The molecule has 124 valence electrons. The molecule has 0 saturated heterocycles. The number of rotatable bonds is 5. The van der Waals surface area contributed by atoms with E-state index in [2.05, 4.69) is 17.2 Å². The van der Waals surface area contributed by atoms with Crippen LogP contribution in [0.4, 0.5) is 0 Å². The number of carbonyl (C=O) groups excluding carboxylic acids is 1. The molecule has 0 spiro atoms. The van der Waals surface area contributed by atoms with E-state index in [0.29, 0.717) is 5.69 Å². The number of carbonyl (C=O) groups is 1. The molecule has 1 heterocycles. The number of ether oxygens (including phenoxy) is 1. The molecule has 0 saturated carbocycles. The Morgan fingerprint density at radius 1 is 1.21 bits per heavy atom. The molecule has 4 heteroatoms. The molecule has 2 N–H and O–H groups in total. The van der Waals surface area contributed by atoms with Gasteiger partial charge in [-0.25, -0.2) is 0 Å². The van der Waals surface area contributed by atoms with Crippen LogP contribution in [0.25, 0.3) is 10.9 Å². The predicted molar refractivity (Wildman–Crippen MR) is 96.5 cm³/mol. The molecule has 3 aromatic rings. The number of amides is 1. The Bertz CT molecular complexity index is 850. The van der Waals surface area contributed by atoms with Crippen LogP contribution in [-0.2, 0) is 0 Å². The van der Waals surface area contributed by atoms with Gasteiger partial charge in [-0.1, -0.05) is 31.2 Å². The monoisotopic (exact) mass is 322 g/mol. The summed E-state index contributed by atoms with van der Waals surface area (Å²) in [4.78, 5) is 15.8. The summed E-state index contributed by atoms with van der Waals surface area (Å²) in [6.07, 6.45) is 0.817. The summed E-state index contributed by atoms with van der Waals surface area (Å²) in [7, 11) is 1.64.